The molecule has 3 aromatic rings. The minimum absolute atomic E-state index is 0.104. The Labute approximate surface area is 173 Å². The zero-order valence-corrected chi connectivity index (χ0v) is 17.2. The summed E-state index contributed by atoms with van der Waals surface area (Å²) >= 11 is 1.67. The van der Waals surface area contributed by atoms with Gasteiger partial charge < -0.3 is 10.6 Å². The Morgan fingerprint density at radius 3 is 2.79 bits per heavy atom. The van der Waals surface area contributed by atoms with Gasteiger partial charge in [-0.1, -0.05) is 30.3 Å². The summed E-state index contributed by atoms with van der Waals surface area (Å²) in [5.74, 6) is -0.451. The lowest BCUT2D eigenvalue weighted by Gasteiger charge is -2.41. The van der Waals surface area contributed by atoms with Gasteiger partial charge in [0, 0.05) is 23.7 Å². The molecule has 0 aliphatic carbocycles. The van der Waals surface area contributed by atoms with Crippen LogP contribution in [0.5, 0.6) is 0 Å². The Hall–Kier alpha value is -2.93. The SMILES string of the molecule is Cc1[nH]ncc1C(=O)N1CCCC(Cc2ccccc2-c2cccs2)(C(N)=O)C1. The number of nitrogens with zero attached hydrogens (tertiary/aromatic N) is 2. The molecule has 1 aromatic carbocycles. The highest BCUT2D eigenvalue weighted by molar-refractivity contribution is 7.13. The average molecular weight is 409 g/mol. The molecule has 2 amide bonds. The standard InChI is InChI=1S/C22H24N4O2S/c1-15-18(13-24-25-15)20(27)26-10-5-9-22(14-26,21(23)28)12-16-6-2-3-7-17(16)19-8-4-11-29-19/h2-4,6-8,11,13H,5,9-10,12,14H2,1H3,(H2,23,28)(H,24,25). The van der Waals surface area contributed by atoms with Gasteiger partial charge in [-0.25, -0.2) is 0 Å². The summed E-state index contributed by atoms with van der Waals surface area (Å²) in [5, 5.41) is 8.81. The molecule has 6 nitrogen and oxygen atoms in total. The topological polar surface area (TPSA) is 92.1 Å². The first-order valence-electron chi connectivity index (χ1n) is 9.71. The lowest BCUT2D eigenvalue weighted by atomic mass is 9.73. The number of piperidine rings is 1. The number of nitrogens with two attached hydrogens (primary N) is 1. The number of aromatic nitrogens is 2. The third kappa shape index (κ3) is 3.70. The number of rotatable bonds is 5. The molecule has 0 radical (unpaired) electrons. The molecule has 1 fully saturated rings. The fraction of sp³-hybridized carbons (Fsp3) is 0.318. The zero-order chi connectivity index (χ0) is 20.4. The van der Waals surface area contributed by atoms with E-state index in [0.717, 1.165) is 28.1 Å². The van der Waals surface area contributed by atoms with Crippen LogP contribution in [-0.4, -0.2) is 40.0 Å². The van der Waals surface area contributed by atoms with E-state index in [0.29, 0.717) is 31.5 Å². The van der Waals surface area contributed by atoms with Gasteiger partial charge in [-0.05, 0) is 48.8 Å². The molecule has 150 valence electrons. The van der Waals surface area contributed by atoms with Crippen molar-refractivity contribution >= 4 is 23.2 Å². The van der Waals surface area contributed by atoms with Crippen LogP contribution in [0.1, 0.15) is 34.5 Å². The van der Waals surface area contributed by atoms with Crippen molar-refractivity contribution < 1.29 is 9.59 Å². The molecular weight excluding hydrogens is 384 g/mol. The lowest BCUT2D eigenvalue weighted by molar-refractivity contribution is -0.130. The number of thiophene rings is 1. The molecule has 1 aliphatic heterocycles. The molecule has 2 aromatic heterocycles. The Morgan fingerprint density at radius 1 is 1.28 bits per heavy atom. The number of benzene rings is 1. The number of hydrogen-bond acceptors (Lipinski definition) is 4. The highest BCUT2D eigenvalue weighted by Crippen LogP contribution is 2.38. The summed E-state index contributed by atoms with van der Waals surface area (Å²) in [4.78, 5) is 28.6. The molecule has 1 aliphatic rings. The summed E-state index contributed by atoms with van der Waals surface area (Å²) < 4.78 is 0. The van der Waals surface area contributed by atoms with Gasteiger partial charge in [-0.15, -0.1) is 11.3 Å². The number of nitrogens with one attached hydrogen (secondary N) is 1. The fourth-order valence-electron chi connectivity index (χ4n) is 4.19. The van der Waals surface area contributed by atoms with Crippen LogP contribution in [0.15, 0.2) is 48.0 Å². The number of H-pyrrole nitrogens is 1. The van der Waals surface area contributed by atoms with Crippen LogP contribution in [0.3, 0.4) is 0 Å². The molecule has 3 heterocycles. The van der Waals surface area contributed by atoms with Gasteiger partial charge in [-0.3, -0.25) is 14.7 Å². The van der Waals surface area contributed by atoms with Crippen molar-refractivity contribution in [3.63, 3.8) is 0 Å². The number of hydrogen-bond donors (Lipinski definition) is 2. The van der Waals surface area contributed by atoms with Crippen molar-refractivity contribution in [2.45, 2.75) is 26.2 Å². The summed E-state index contributed by atoms with van der Waals surface area (Å²) in [7, 11) is 0. The van der Waals surface area contributed by atoms with Crippen molar-refractivity contribution in [3.8, 4) is 10.4 Å². The van der Waals surface area contributed by atoms with Gasteiger partial charge in [0.1, 0.15) is 0 Å². The third-order valence-electron chi connectivity index (χ3n) is 5.78. The van der Waals surface area contributed by atoms with E-state index in [4.69, 9.17) is 5.73 Å². The highest BCUT2D eigenvalue weighted by Gasteiger charge is 2.43. The van der Waals surface area contributed by atoms with E-state index in [-0.39, 0.29) is 11.8 Å². The Morgan fingerprint density at radius 2 is 2.10 bits per heavy atom. The summed E-state index contributed by atoms with van der Waals surface area (Å²) in [6.45, 7) is 2.76. The first-order valence-corrected chi connectivity index (χ1v) is 10.6. The van der Waals surface area contributed by atoms with E-state index in [2.05, 4.69) is 28.4 Å². The maximum Gasteiger partial charge on any atom is 0.257 e. The quantitative estimate of drug-likeness (QED) is 0.678. The molecule has 0 spiro atoms. The molecule has 1 saturated heterocycles. The smallest absolute Gasteiger partial charge is 0.257 e. The van der Waals surface area contributed by atoms with E-state index in [1.54, 1.807) is 22.4 Å². The molecule has 0 saturated carbocycles. The maximum absolute atomic E-state index is 13.0. The van der Waals surface area contributed by atoms with Gasteiger partial charge in [0.25, 0.3) is 5.91 Å². The number of aromatic amines is 1. The number of carbonyl (C=O) groups is 2. The Bertz CT molecular complexity index is 1030. The van der Waals surface area contributed by atoms with Crippen LogP contribution in [0.4, 0.5) is 0 Å². The molecule has 1 unspecified atom stereocenters. The molecule has 29 heavy (non-hydrogen) atoms. The zero-order valence-electron chi connectivity index (χ0n) is 16.4. The van der Waals surface area contributed by atoms with Crippen LogP contribution in [0.25, 0.3) is 10.4 Å². The lowest BCUT2D eigenvalue weighted by Crippen LogP contribution is -2.53. The number of likely N-dealkylation sites (tertiary alicyclic amines) is 1. The summed E-state index contributed by atoms with van der Waals surface area (Å²) in [6.07, 6.45) is 3.48. The Kier molecular flexibility index (Phi) is 5.24. The minimum atomic E-state index is -0.779. The second-order valence-electron chi connectivity index (χ2n) is 7.69. The predicted molar refractivity (Wildman–Crippen MR) is 114 cm³/mol. The van der Waals surface area contributed by atoms with Crippen molar-refractivity contribution in [2.75, 3.05) is 13.1 Å². The average Bonchev–Trinajstić information content (AvgIpc) is 3.40. The number of primary amides is 1. The van der Waals surface area contributed by atoms with Gasteiger partial charge in [0.2, 0.25) is 5.91 Å². The first kappa shape index (κ1) is 19.4. The molecular formula is C22H24N4O2S. The number of aryl methyl sites for hydroxylation is 1. The molecule has 0 bridgehead atoms. The van der Waals surface area contributed by atoms with Crippen molar-refractivity contribution in [1.82, 2.24) is 15.1 Å². The highest BCUT2D eigenvalue weighted by atomic mass is 32.1. The number of carbonyl (C=O) groups excluding carboxylic acids is 2. The van der Waals surface area contributed by atoms with Gasteiger partial charge >= 0.3 is 0 Å². The van der Waals surface area contributed by atoms with E-state index in [9.17, 15) is 9.59 Å². The minimum Gasteiger partial charge on any atom is -0.369 e. The molecule has 4 rings (SSSR count). The van der Waals surface area contributed by atoms with Crippen LogP contribution >= 0.6 is 11.3 Å². The molecule has 7 heteroatoms. The molecule has 3 N–H and O–H groups in total. The van der Waals surface area contributed by atoms with Gasteiger partial charge in [-0.2, -0.15) is 5.10 Å². The first-order chi connectivity index (χ1) is 14.0. The largest absolute Gasteiger partial charge is 0.369 e. The predicted octanol–water partition coefficient (Wildman–Crippen LogP) is 3.40. The maximum atomic E-state index is 13.0. The van der Waals surface area contributed by atoms with Crippen molar-refractivity contribution in [3.05, 3.63) is 64.8 Å². The van der Waals surface area contributed by atoms with Crippen LogP contribution in [0, 0.1) is 12.3 Å². The Balaban J connectivity index is 1.65. The normalized spacial score (nSPS) is 19.3. The second-order valence-corrected chi connectivity index (χ2v) is 8.64. The van der Waals surface area contributed by atoms with Crippen LogP contribution < -0.4 is 5.73 Å². The summed E-state index contributed by atoms with van der Waals surface area (Å²) in [6, 6.07) is 12.2. The van der Waals surface area contributed by atoms with Crippen LogP contribution in [0.2, 0.25) is 0 Å². The van der Waals surface area contributed by atoms with Crippen molar-refractivity contribution in [1.29, 1.82) is 0 Å². The van der Waals surface area contributed by atoms with Gasteiger partial charge in [0.15, 0.2) is 0 Å². The van der Waals surface area contributed by atoms with Crippen molar-refractivity contribution in [2.24, 2.45) is 11.1 Å². The van der Waals surface area contributed by atoms with Crippen LogP contribution in [-0.2, 0) is 11.2 Å². The van der Waals surface area contributed by atoms with E-state index < -0.39 is 5.41 Å². The van der Waals surface area contributed by atoms with Gasteiger partial charge in [0.05, 0.1) is 17.2 Å². The fourth-order valence-corrected chi connectivity index (χ4v) is 4.97. The van der Waals surface area contributed by atoms with E-state index in [1.807, 2.05) is 30.5 Å². The molecule has 1 atom stereocenters. The monoisotopic (exact) mass is 408 g/mol. The number of amides is 2. The van der Waals surface area contributed by atoms with E-state index in [1.165, 1.54) is 0 Å². The summed E-state index contributed by atoms with van der Waals surface area (Å²) in [5.41, 5.74) is 8.64. The second kappa shape index (κ2) is 7.83. The third-order valence-corrected chi connectivity index (χ3v) is 6.68. The van der Waals surface area contributed by atoms with E-state index >= 15 is 0 Å².